The SMILES string of the molecule is NC(c1ccccc1)(c1ccccc1)N1[Si](c2ccccc2)(c2ccccc2)N(C(N)(c2ccccc2)c2ccccc2)[Si]1(c1ccccc1)c1ccccc1. The third kappa shape index (κ3) is 5.27. The Hall–Kier alpha value is -5.97. The van der Waals surface area contributed by atoms with Gasteiger partial charge in [-0.25, -0.2) is 0 Å². The minimum atomic E-state index is -3.58. The molecule has 0 saturated carbocycles. The first-order valence-electron chi connectivity index (χ1n) is 19.2. The first-order chi connectivity index (χ1) is 27.6. The predicted molar refractivity (Wildman–Crippen MR) is 235 cm³/mol. The summed E-state index contributed by atoms with van der Waals surface area (Å²) in [6.45, 7) is 0. The van der Waals surface area contributed by atoms with Gasteiger partial charge >= 0.3 is 0 Å². The topological polar surface area (TPSA) is 58.5 Å². The van der Waals surface area contributed by atoms with E-state index >= 15 is 0 Å². The highest BCUT2D eigenvalue weighted by Gasteiger charge is 2.81. The molecule has 4 nitrogen and oxygen atoms in total. The number of benzene rings is 8. The van der Waals surface area contributed by atoms with Crippen molar-refractivity contribution in [3.63, 3.8) is 0 Å². The molecule has 56 heavy (non-hydrogen) atoms. The van der Waals surface area contributed by atoms with Crippen molar-refractivity contribution in [1.29, 1.82) is 0 Å². The molecule has 8 aromatic rings. The second-order valence-electron chi connectivity index (χ2n) is 14.5. The monoisotopic (exact) mass is 756 g/mol. The van der Waals surface area contributed by atoms with Crippen LogP contribution in [0.25, 0.3) is 0 Å². The summed E-state index contributed by atoms with van der Waals surface area (Å²) in [6.07, 6.45) is 0. The first kappa shape index (κ1) is 35.7. The third-order valence-corrected chi connectivity index (χ3v) is 24.0. The Labute approximate surface area is 332 Å². The lowest BCUT2D eigenvalue weighted by atomic mass is 9.93. The van der Waals surface area contributed by atoms with Crippen molar-refractivity contribution in [1.82, 2.24) is 8.46 Å². The summed E-state index contributed by atoms with van der Waals surface area (Å²) >= 11 is 0. The summed E-state index contributed by atoms with van der Waals surface area (Å²) in [4.78, 5) is 0. The zero-order valence-corrected chi connectivity index (χ0v) is 33.1. The quantitative estimate of drug-likeness (QED) is 0.150. The standard InChI is InChI=1S/C50H44N4Si2/c51-49(41-25-9-1-10-26-41,42-27-11-2-12-28-42)53-55(45-33-17-5-18-34-45,46-35-19-6-20-36-46)54(50(52,43-29-13-3-14-30-43)44-31-15-4-16-32-44)56(53,47-37-21-7-22-38-47)48-39-23-8-24-40-48/h1-40H,51-52H2. The van der Waals surface area contributed by atoms with E-state index in [-0.39, 0.29) is 0 Å². The van der Waals surface area contributed by atoms with E-state index in [1.807, 2.05) is 0 Å². The van der Waals surface area contributed by atoms with E-state index in [1.165, 1.54) is 20.7 Å². The lowest BCUT2D eigenvalue weighted by Crippen LogP contribution is -3.11. The fraction of sp³-hybridized carbons (Fsp3) is 0.0400. The average Bonchev–Trinajstić information content (AvgIpc) is 3.29. The molecule has 1 aliphatic heterocycles. The van der Waals surface area contributed by atoms with Crippen molar-refractivity contribution >= 4 is 37.5 Å². The van der Waals surface area contributed by atoms with E-state index in [0.717, 1.165) is 22.3 Å². The molecular weight excluding hydrogens is 713 g/mol. The van der Waals surface area contributed by atoms with Crippen LogP contribution < -0.4 is 32.2 Å². The molecule has 0 amide bonds. The maximum Gasteiger partial charge on any atom is 0.266 e. The van der Waals surface area contributed by atoms with Crippen molar-refractivity contribution in [2.75, 3.05) is 0 Å². The molecule has 8 aromatic carbocycles. The lowest BCUT2D eigenvalue weighted by molar-refractivity contribution is 0.198. The minimum absolute atomic E-state index is 1.01. The molecule has 1 fully saturated rings. The Morgan fingerprint density at radius 3 is 0.589 bits per heavy atom. The molecule has 9 rings (SSSR count). The van der Waals surface area contributed by atoms with Crippen molar-refractivity contribution < 1.29 is 0 Å². The molecule has 0 spiro atoms. The van der Waals surface area contributed by atoms with Crippen LogP contribution in [0.1, 0.15) is 22.3 Å². The van der Waals surface area contributed by atoms with Gasteiger partial charge in [0.05, 0.1) is 0 Å². The average molecular weight is 757 g/mol. The molecule has 0 radical (unpaired) electrons. The molecule has 272 valence electrons. The predicted octanol–water partition coefficient (Wildman–Crippen LogP) is 6.84. The van der Waals surface area contributed by atoms with Gasteiger partial charge in [-0.15, -0.1) is 0 Å². The summed E-state index contributed by atoms with van der Waals surface area (Å²) in [5, 5.41) is 4.79. The van der Waals surface area contributed by atoms with Crippen LogP contribution in [0.4, 0.5) is 0 Å². The van der Waals surface area contributed by atoms with Gasteiger partial charge in [-0.2, -0.15) is 0 Å². The Morgan fingerprint density at radius 2 is 0.411 bits per heavy atom. The minimum Gasteiger partial charge on any atom is -0.306 e. The molecular formula is C50H44N4Si2. The van der Waals surface area contributed by atoms with Crippen molar-refractivity contribution in [2.45, 2.75) is 11.3 Å². The highest BCUT2D eigenvalue weighted by molar-refractivity contribution is 7.24. The molecule has 1 saturated heterocycles. The molecule has 0 aromatic heterocycles. The second-order valence-corrected chi connectivity index (χ2v) is 22.2. The Kier molecular flexibility index (Phi) is 9.31. The van der Waals surface area contributed by atoms with Gasteiger partial charge in [0.15, 0.2) is 0 Å². The number of nitrogens with two attached hydrogens (primary N) is 2. The summed E-state index contributed by atoms with van der Waals surface area (Å²) < 4.78 is 5.67. The van der Waals surface area contributed by atoms with Gasteiger partial charge in [-0.1, -0.05) is 243 Å². The number of hydrogen-bond acceptors (Lipinski definition) is 4. The van der Waals surface area contributed by atoms with Crippen LogP contribution in [0.3, 0.4) is 0 Å². The molecule has 0 atom stereocenters. The van der Waals surface area contributed by atoms with Gasteiger partial charge in [0.1, 0.15) is 11.3 Å². The van der Waals surface area contributed by atoms with Crippen LogP contribution in [0.2, 0.25) is 0 Å². The molecule has 6 heteroatoms. The van der Waals surface area contributed by atoms with Gasteiger partial charge in [0.2, 0.25) is 0 Å². The smallest absolute Gasteiger partial charge is 0.266 e. The van der Waals surface area contributed by atoms with E-state index in [9.17, 15) is 0 Å². The molecule has 0 aliphatic carbocycles. The molecule has 4 N–H and O–H groups in total. The Morgan fingerprint density at radius 1 is 0.250 bits per heavy atom. The van der Waals surface area contributed by atoms with Crippen molar-refractivity contribution in [2.24, 2.45) is 11.5 Å². The fourth-order valence-corrected chi connectivity index (χ4v) is 25.5. The first-order valence-corrected chi connectivity index (χ1v) is 23.0. The van der Waals surface area contributed by atoms with Crippen LogP contribution >= 0.6 is 0 Å². The lowest BCUT2D eigenvalue weighted by Gasteiger charge is -2.78. The van der Waals surface area contributed by atoms with Crippen LogP contribution in [-0.2, 0) is 11.3 Å². The van der Waals surface area contributed by atoms with E-state index in [4.69, 9.17) is 11.5 Å². The van der Waals surface area contributed by atoms with Gasteiger partial charge < -0.3 is 11.5 Å². The summed E-state index contributed by atoms with van der Waals surface area (Å²) in [7, 11) is -7.16. The zero-order valence-electron chi connectivity index (χ0n) is 31.1. The largest absolute Gasteiger partial charge is 0.306 e. The van der Waals surface area contributed by atoms with Gasteiger partial charge in [0, 0.05) is 0 Å². The molecule has 1 aliphatic rings. The number of hydrogen-bond donors (Lipinski definition) is 2. The second kappa shape index (κ2) is 14.6. The van der Waals surface area contributed by atoms with Gasteiger partial charge in [0.25, 0.3) is 16.8 Å². The summed E-state index contributed by atoms with van der Waals surface area (Å²) in [6, 6.07) is 87.0. The van der Waals surface area contributed by atoms with Crippen molar-refractivity contribution in [3.8, 4) is 0 Å². The van der Waals surface area contributed by atoms with E-state index in [0.29, 0.717) is 0 Å². The number of rotatable bonds is 10. The van der Waals surface area contributed by atoms with Crippen molar-refractivity contribution in [3.05, 3.63) is 265 Å². The highest BCUT2D eigenvalue weighted by Crippen LogP contribution is 2.53. The number of nitrogens with zero attached hydrogens (tertiary/aromatic N) is 2. The molecule has 0 bridgehead atoms. The van der Waals surface area contributed by atoms with E-state index in [2.05, 4.69) is 251 Å². The third-order valence-electron chi connectivity index (χ3n) is 11.6. The maximum absolute atomic E-state index is 8.56. The zero-order chi connectivity index (χ0) is 38.1. The Balaban J connectivity index is 1.57. The van der Waals surface area contributed by atoms with Crippen LogP contribution in [0.15, 0.2) is 243 Å². The van der Waals surface area contributed by atoms with Crippen LogP contribution in [-0.4, -0.2) is 25.3 Å². The normalized spacial score (nSPS) is 15.5. The Bertz CT molecular complexity index is 2140. The van der Waals surface area contributed by atoms with Gasteiger partial charge in [-0.3, -0.25) is 8.46 Å². The maximum atomic E-state index is 8.56. The molecule has 1 heterocycles. The highest BCUT2D eigenvalue weighted by atomic mass is 28.5. The van der Waals surface area contributed by atoms with E-state index in [1.54, 1.807) is 0 Å². The van der Waals surface area contributed by atoms with Crippen LogP contribution in [0, 0.1) is 0 Å². The van der Waals surface area contributed by atoms with Gasteiger partial charge in [-0.05, 0) is 43.0 Å². The summed E-state index contributed by atoms with van der Waals surface area (Å²) in [5.74, 6) is 0. The summed E-state index contributed by atoms with van der Waals surface area (Å²) in [5.41, 5.74) is 18.9. The molecule has 0 unspecified atom stereocenters. The van der Waals surface area contributed by atoms with E-state index < -0.39 is 28.1 Å². The fourth-order valence-electron chi connectivity index (χ4n) is 9.31. The van der Waals surface area contributed by atoms with Crippen LogP contribution in [0.5, 0.6) is 0 Å².